The van der Waals surface area contributed by atoms with Crippen molar-refractivity contribution in [1.82, 2.24) is 10.3 Å². The van der Waals surface area contributed by atoms with Crippen LogP contribution in [-0.4, -0.2) is 18.1 Å². The van der Waals surface area contributed by atoms with E-state index in [2.05, 4.69) is 26.2 Å². The average molecular weight is 256 g/mol. The summed E-state index contributed by atoms with van der Waals surface area (Å²) in [5.74, 6) is 0.591. The lowest BCUT2D eigenvalue weighted by Gasteiger charge is -2.22. The first-order chi connectivity index (χ1) is 6.77. The first-order valence-electron chi connectivity index (χ1n) is 4.90. The normalized spacial score (nSPS) is 18.4. The smallest absolute Gasteiger partial charge is 0.129 e. The van der Waals surface area contributed by atoms with Crippen molar-refractivity contribution in [2.45, 2.75) is 18.8 Å². The van der Waals surface area contributed by atoms with Gasteiger partial charge >= 0.3 is 0 Å². The lowest BCUT2D eigenvalue weighted by atomic mass is 9.94. The summed E-state index contributed by atoms with van der Waals surface area (Å²) in [6.07, 6.45) is 2.34. The van der Waals surface area contributed by atoms with Crippen molar-refractivity contribution in [2.24, 2.45) is 0 Å². The first kappa shape index (κ1) is 9.93. The molecule has 0 unspecified atom stereocenters. The molecule has 2 heterocycles. The third-order valence-electron chi connectivity index (χ3n) is 2.66. The van der Waals surface area contributed by atoms with Crippen LogP contribution in [0.1, 0.15) is 24.5 Å². The molecule has 4 heteroatoms. The van der Waals surface area contributed by atoms with Crippen molar-refractivity contribution in [3.05, 3.63) is 22.4 Å². The third kappa shape index (κ3) is 2.07. The second kappa shape index (κ2) is 4.28. The number of anilines is 1. The minimum absolute atomic E-state index is 0.591. The van der Waals surface area contributed by atoms with Crippen LogP contribution in [0.2, 0.25) is 0 Å². The summed E-state index contributed by atoms with van der Waals surface area (Å²) in [5.41, 5.74) is 7.57. The summed E-state index contributed by atoms with van der Waals surface area (Å²) in [6, 6.07) is 3.96. The molecule has 0 atom stereocenters. The van der Waals surface area contributed by atoms with Gasteiger partial charge in [0.25, 0.3) is 0 Å². The number of pyridine rings is 1. The Kier molecular flexibility index (Phi) is 3.03. The predicted octanol–water partition coefficient (Wildman–Crippen LogP) is 1.89. The van der Waals surface area contributed by atoms with Crippen LogP contribution >= 0.6 is 15.9 Å². The zero-order chi connectivity index (χ0) is 9.97. The number of rotatable bonds is 1. The quantitative estimate of drug-likeness (QED) is 0.754. The van der Waals surface area contributed by atoms with Crippen LogP contribution in [0.3, 0.4) is 0 Å². The van der Waals surface area contributed by atoms with E-state index in [1.165, 1.54) is 12.8 Å². The number of hydrogen-bond acceptors (Lipinski definition) is 3. The van der Waals surface area contributed by atoms with E-state index in [9.17, 15) is 0 Å². The van der Waals surface area contributed by atoms with Crippen LogP contribution < -0.4 is 11.1 Å². The number of nitrogens with two attached hydrogens (primary N) is 1. The molecule has 0 aliphatic carbocycles. The Morgan fingerprint density at radius 2 is 2.07 bits per heavy atom. The van der Waals surface area contributed by atoms with E-state index < -0.39 is 0 Å². The maximum atomic E-state index is 5.70. The van der Waals surface area contributed by atoms with Gasteiger partial charge in [0.15, 0.2) is 0 Å². The molecule has 1 aliphatic heterocycles. The SMILES string of the molecule is Nc1ccc(C2CCNCC2)nc1Br. The standard InChI is InChI=1S/C10H14BrN3/c11-10-8(12)1-2-9(14-10)7-3-5-13-6-4-7/h1-2,7,13H,3-6,12H2. The molecule has 1 fully saturated rings. The van der Waals surface area contributed by atoms with Crippen LogP contribution in [0.4, 0.5) is 5.69 Å². The third-order valence-corrected chi connectivity index (χ3v) is 3.29. The van der Waals surface area contributed by atoms with Crippen LogP contribution in [0.25, 0.3) is 0 Å². The van der Waals surface area contributed by atoms with E-state index in [0.717, 1.165) is 23.4 Å². The molecule has 0 spiro atoms. The van der Waals surface area contributed by atoms with Crippen molar-refractivity contribution in [3.8, 4) is 0 Å². The lowest BCUT2D eigenvalue weighted by molar-refractivity contribution is 0.453. The molecule has 14 heavy (non-hydrogen) atoms. The minimum Gasteiger partial charge on any atom is -0.397 e. The van der Waals surface area contributed by atoms with Crippen LogP contribution in [-0.2, 0) is 0 Å². The monoisotopic (exact) mass is 255 g/mol. The van der Waals surface area contributed by atoms with E-state index in [4.69, 9.17) is 5.73 Å². The van der Waals surface area contributed by atoms with Crippen molar-refractivity contribution in [2.75, 3.05) is 18.8 Å². The molecule has 3 N–H and O–H groups in total. The summed E-state index contributed by atoms with van der Waals surface area (Å²) in [7, 11) is 0. The number of hydrogen-bond donors (Lipinski definition) is 2. The highest BCUT2D eigenvalue weighted by molar-refractivity contribution is 9.10. The topological polar surface area (TPSA) is 50.9 Å². The summed E-state index contributed by atoms with van der Waals surface area (Å²) in [5, 5.41) is 3.35. The van der Waals surface area contributed by atoms with Gasteiger partial charge in [-0.2, -0.15) is 0 Å². The molecular weight excluding hydrogens is 242 g/mol. The molecule has 1 aromatic heterocycles. The van der Waals surface area contributed by atoms with E-state index >= 15 is 0 Å². The van der Waals surface area contributed by atoms with Gasteiger partial charge in [0.05, 0.1) is 5.69 Å². The van der Waals surface area contributed by atoms with Crippen molar-refractivity contribution < 1.29 is 0 Å². The maximum absolute atomic E-state index is 5.70. The van der Waals surface area contributed by atoms with Crippen LogP contribution in [0.15, 0.2) is 16.7 Å². The number of nitrogens with one attached hydrogen (secondary N) is 1. The Morgan fingerprint density at radius 3 is 2.71 bits per heavy atom. The Morgan fingerprint density at radius 1 is 1.36 bits per heavy atom. The highest BCUT2D eigenvalue weighted by Crippen LogP contribution is 2.26. The van der Waals surface area contributed by atoms with Crippen molar-refractivity contribution >= 4 is 21.6 Å². The zero-order valence-corrected chi connectivity index (χ0v) is 9.55. The summed E-state index contributed by atoms with van der Waals surface area (Å²) < 4.78 is 0.772. The summed E-state index contributed by atoms with van der Waals surface area (Å²) in [4.78, 5) is 4.46. The van der Waals surface area contributed by atoms with Gasteiger partial charge in [0, 0.05) is 11.6 Å². The van der Waals surface area contributed by atoms with E-state index in [1.54, 1.807) is 0 Å². The number of nitrogens with zero attached hydrogens (tertiary/aromatic N) is 1. The molecule has 1 saturated heterocycles. The Hall–Kier alpha value is -0.610. The second-order valence-corrected chi connectivity index (χ2v) is 4.39. The molecule has 3 nitrogen and oxygen atoms in total. The van der Waals surface area contributed by atoms with Gasteiger partial charge in [-0.15, -0.1) is 0 Å². The molecule has 1 aromatic rings. The molecule has 76 valence electrons. The predicted molar refractivity (Wildman–Crippen MR) is 61.2 cm³/mol. The number of nitrogen functional groups attached to an aromatic ring is 1. The fraction of sp³-hybridized carbons (Fsp3) is 0.500. The molecule has 0 saturated carbocycles. The van der Waals surface area contributed by atoms with E-state index in [1.807, 2.05) is 12.1 Å². The molecule has 0 bridgehead atoms. The summed E-state index contributed by atoms with van der Waals surface area (Å²) >= 11 is 3.36. The van der Waals surface area contributed by atoms with Crippen LogP contribution in [0, 0.1) is 0 Å². The maximum Gasteiger partial charge on any atom is 0.129 e. The van der Waals surface area contributed by atoms with Gasteiger partial charge < -0.3 is 11.1 Å². The Labute approximate surface area is 92.2 Å². The van der Waals surface area contributed by atoms with E-state index in [-0.39, 0.29) is 0 Å². The number of halogens is 1. The molecule has 0 amide bonds. The van der Waals surface area contributed by atoms with Gasteiger partial charge in [0.1, 0.15) is 4.60 Å². The van der Waals surface area contributed by atoms with E-state index in [0.29, 0.717) is 11.6 Å². The molecule has 1 aliphatic rings. The zero-order valence-electron chi connectivity index (χ0n) is 7.96. The van der Waals surface area contributed by atoms with Crippen molar-refractivity contribution in [1.29, 1.82) is 0 Å². The van der Waals surface area contributed by atoms with Crippen molar-refractivity contribution in [3.63, 3.8) is 0 Å². The Bertz CT molecular complexity index is 321. The first-order valence-corrected chi connectivity index (χ1v) is 5.69. The number of piperidine rings is 1. The average Bonchev–Trinajstić information content (AvgIpc) is 2.23. The van der Waals surface area contributed by atoms with Gasteiger partial charge in [-0.05, 0) is 54.0 Å². The van der Waals surface area contributed by atoms with Gasteiger partial charge in [-0.1, -0.05) is 0 Å². The summed E-state index contributed by atoms with van der Waals surface area (Å²) in [6.45, 7) is 2.18. The molecule has 2 rings (SSSR count). The highest BCUT2D eigenvalue weighted by atomic mass is 79.9. The fourth-order valence-electron chi connectivity index (χ4n) is 1.80. The molecule has 0 radical (unpaired) electrons. The van der Waals surface area contributed by atoms with Gasteiger partial charge in [-0.3, -0.25) is 0 Å². The Balaban J connectivity index is 2.18. The van der Waals surface area contributed by atoms with Gasteiger partial charge in [0.2, 0.25) is 0 Å². The van der Waals surface area contributed by atoms with Crippen LogP contribution in [0.5, 0.6) is 0 Å². The minimum atomic E-state index is 0.591. The molecule has 0 aromatic carbocycles. The largest absolute Gasteiger partial charge is 0.397 e. The lowest BCUT2D eigenvalue weighted by Crippen LogP contribution is -2.27. The fourth-order valence-corrected chi connectivity index (χ4v) is 2.14. The second-order valence-electron chi connectivity index (χ2n) is 3.64. The van der Waals surface area contributed by atoms with Gasteiger partial charge in [-0.25, -0.2) is 4.98 Å². The highest BCUT2D eigenvalue weighted by Gasteiger charge is 2.16. The molecular formula is C10H14BrN3. The number of aromatic nitrogens is 1.